The van der Waals surface area contributed by atoms with Crippen LogP contribution in [0.1, 0.15) is 11.1 Å². The van der Waals surface area contributed by atoms with Crippen LogP contribution in [-0.2, 0) is 21.4 Å². The maximum Gasteiger partial charge on any atom is 0.262 e. The van der Waals surface area contributed by atoms with E-state index in [2.05, 4.69) is 14.4 Å². The number of aromatic nitrogens is 1. The average Bonchev–Trinajstić information content (AvgIpc) is 3.25. The van der Waals surface area contributed by atoms with E-state index in [9.17, 15) is 13.2 Å². The maximum absolute atomic E-state index is 12.6. The molecule has 0 aliphatic carbocycles. The second-order valence-electron chi connectivity index (χ2n) is 7.15. The first-order valence-corrected chi connectivity index (χ1v) is 12.1. The molecular formula is C23H21N3O4S2. The third-order valence-corrected chi connectivity index (χ3v) is 6.94. The average molecular weight is 468 g/mol. The highest BCUT2D eigenvalue weighted by Gasteiger charge is 2.16. The number of nitrogens with zero attached hydrogens (tertiary/aromatic N) is 1. The summed E-state index contributed by atoms with van der Waals surface area (Å²) in [5.74, 6) is 0.132. The summed E-state index contributed by atoms with van der Waals surface area (Å²) in [4.78, 5) is 12.4. The van der Waals surface area contributed by atoms with Gasteiger partial charge in [0.15, 0.2) is 6.61 Å². The lowest BCUT2D eigenvalue weighted by Gasteiger charge is -2.12. The summed E-state index contributed by atoms with van der Waals surface area (Å²) < 4.78 is 38.5. The van der Waals surface area contributed by atoms with Crippen LogP contribution < -0.4 is 14.8 Å². The lowest BCUT2D eigenvalue weighted by Crippen LogP contribution is -2.23. The van der Waals surface area contributed by atoms with Crippen molar-refractivity contribution >= 4 is 43.2 Å². The van der Waals surface area contributed by atoms with Gasteiger partial charge in [-0.25, -0.2) is 13.1 Å². The maximum atomic E-state index is 12.6. The molecule has 1 amide bonds. The second-order valence-corrected chi connectivity index (χ2v) is 9.75. The molecular weight excluding hydrogens is 446 g/mol. The third-order valence-electron chi connectivity index (χ3n) is 4.76. The number of hydrogen-bond donors (Lipinski definition) is 2. The van der Waals surface area contributed by atoms with E-state index in [0.717, 1.165) is 15.6 Å². The van der Waals surface area contributed by atoms with Crippen molar-refractivity contribution in [3.05, 3.63) is 84.1 Å². The molecule has 0 saturated heterocycles. The Morgan fingerprint density at radius 3 is 2.66 bits per heavy atom. The lowest BCUT2D eigenvalue weighted by atomic mass is 10.2. The van der Waals surface area contributed by atoms with Crippen LogP contribution in [0.15, 0.2) is 77.8 Å². The molecule has 0 aliphatic rings. The molecule has 0 aliphatic heterocycles. The molecule has 32 heavy (non-hydrogen) atoms. The van der Waals surface area contributed by atoms with E-state index in [0.29, 0.717) is 17.0 Å². The second kappa shape index (κ2) is 9.47. The summed E-state index contributed by atoms with van der Waals surface area (Å²) in [6.45, 7) is 1.74. The first kappa shape index (κ1) is 21.9. The van der Waals surface area contributed by atoms with Crippen LogP contribution in [-0.4, -0.2) is 25.3 Å². The molecule has 164 valence electrons. The largest absolute Gasteiger partial charge is 0.483 e. The summed E-state index contributed by atoms with van der Waals surface area (Å²) in [6, 6.07) is 19.4. The zero-order valence-corrected chi connectivity index (χ0v) is 18.9. The van der Waals surface area contributed by atoms with Crippen LogP contribution in [0.4, 0.5) is 5.69 Å². The SMILES string of the molecule is Cc1cc(S(=O)(=O)NCc2ccccc2)ccc1OCC(=O)Nc1ccc2sncc2c1. The van der Waals surface area contributed by atoms with Gasteiger partial charge in [0.05, 0.1) is 9.60 Å². The molecule has 1 aromatic heterocycles. The molecule has 0 saturated carbocycles. The van der Waals surface area contributed by atoms with E-state index in [-0.39, 0.29) is 24.0 Å². The number of aryl methyl sites for hydroxylation is 1. The van der Waals surface area contributed by atoms with Crippen molar-refractivity contribution in [2.24, 2.45) is 0 Å². The van der Waals surface area contributed by atoms with Crippen LogP contribution >= 0.6 is 11.5 Å². The normalized spacial score (nSPS) is 11.4. The Bertz CT molecular complexity index is 1350. The van der Waals surface area contributed by atoms with Crippen molar-refractivity contribution in [3.8, 4) is 5.75 Å². The van der Waals surface area contributed by atoms with Crippen LogP contribution in [0.2, 0.25) is 0 Å². The Morgan fingerprint density at radius 2 is 1.88 bits per heavy atom. The highest BCUT2D eigenvalue weighted by Crippen LogP contribution is 2.23. The van der Waals surface area contributed by atoms with Gasteiger partial charge in [0.25, 0.3) is 5.91 Å². The molecule has 0 spiro atoms. The molecule has 1 heterocycles. The molecule has 4 rings (SSSR count). The minimum atomic E-state index is -3.67. The van der Waals surface area contributed by atoms with Crippen LogP contribution in [0.3, 0.4) is 0 Å². The number of anilines is 1. The zero-order valence-electron chi connectivity index (χ0n) is 17.2. The number of amides is 1. The van der Waals surface area contributed by atoms with Gasteiger partial charge in [-0.3, -0.25) is 4.79 Å². The van der Waals surface area contributed by atoms with E-state index < -0.39 is 10.0 Å². The summed E-state index contributed by atoms with van der Waals surface area (Å²) in [5, 5.41) is 3.75. The predicted molar refractivity (Wildman–Crippen MR) is 125 cm³/mol. The molecule has 7 nitrogen and oxygen atoms in total. The number of carbonyl (C=O) groups excluding carboxylic acids is 1. The molecule has 0 unspecified atom stereocenters. The van der Waals surface area contributed by atoms with Gasteiger partial charge in [-0.05, 0) is 66.0 Å². The molecule has 4 aromatic rings. The molecule has 3 aromatic carbocycles. The number of carbonyl (C=O) groups is 1. The van der Waals surface area contributed by atoms with Crippen molar-refractivity contribution in [1.29, 1.82) is 0 Å². The van der Waals surface area contributed by atoms with Gasteiger partial charge in [-0.15, -0.1) is 0 Å². The Hall–Kier alpha value is -3.27. The molecule has 0 fully saturated rings. The van der Waals surface area contributed by atoms with Crippen LogP contribution in [0.25, 0.3) is 10.1 Å². The number of nitrogens with one attached hydrogen (secondary N) is 2. The monoisotopic (exact) mass is 467 g/mol. The van der Waals surface area contributed by atoms with E-state index in [4.69, 9.17) is 4.74 Å². The Morgan fingerprint density at radius 1 is 1.06 bits per heavy atom. The predicted octanol–water partition coefficient (Wildman–Crippen LogP) is 4.10. The number of benzene rings is 3. The van der Waals surface area contributed by atoms with Gasteiger partial charge >= 0.3 is 0 Å². The molecule has 0 radical (unpaired) electrons. The van der Waals surface area contributed by atoms with Crippen molar-refractivity contribution < 1.29 is 17.9 Å². The van der Waals surface area contributed by atoms with Gasteiger partial charge in [-0.1, -0.05) is 30.3 Å². The summed E-state index contributed by atoms with van der Waals surface area (Å²) in [5.41, 5.74) is 2.15. The topological polar surface area (TPSA) is 97.4 Å². The molecule has 0 bridgehead atoms. The fourth-order valence-electron chi connectivity index (χ4n) is 3.10. The van der Waals surface area contributed by atoms with E-state index >= 15 is 0 Å². The number of rotatable bonds is 8. The Labute approximate surface area is 190 Å². The highest BCUT2D eigenvalue weighted by molar-refractivity contribution is 7.89. The van der Waals surface area contributed by atoms with Crippen molar-refractivity contribution in [3.63, 3.8) is 0 Å². The van der Waals surface area contributed by atoms with Crippen LogP contribution in [0.5, 0.6) is 5.75 Å². The van der Waals surface area contributed by atoms with Gasteiger partial charge < -0.3 is 10.1 Å². The first-order chi connectivity index (χ1) is 15.4. The fourth-order valence-corrected chi connectivity index (χ4v) is 4.83. The van der Waals surface area contributed by atoms with Crippen molar-refractivity contribution in [1.82, 2.24) is 9.10 Å². The first-order valence-electron chi connectivity index (χ1n) is 9.82. The van der Waals surface area contributed by atoms with Gasteiger partial charge in [-0.2, -0.15) is 4.37 Å². The summed E-state index contributed by atoms with van der Waals surface area (Å²) in [6.07, 6.45) is 1.75. The number of ether oxygens (including phenoxy) is 1. The molecule has 0 atom stereocenters. The standard InChI is InChI=1S/C23H21N3O4S2/c1-16-11-20(32(28,29)25-13-17-5-3-2-4-6-17)8-9-21(16)30-15-23(27)26-19-7-10-22-18(12-19)14-24-31-22/h2-12,14,25H,13,15H2,1H3,(H,26,27). The van der Waals surface area contributed by atoms with E-state index in [1.807, 2.05) is 48.5 Å². The third kappa shape index (κ3) is 5.31. The zero-order chi connectivity index (χ0) is 22.6. The van der Waals surface area contributed by atoms with Crippen LogP contribution in [0, 0.1) is 6.92 Å². The summed E-state index contributed by atoms with van der Waals surface area (Å²) in [7, 11) is -3.67. The highest BCUT2D eigenvalue weighted by atomic mass is 32.2. The Kier molecular flexibility index (Phi) is 6.50. The van der Waals surface area contributed by atoms with E-state index in [1.54, 1.807) is 19.2 Å². The van der Waals surface area contributed by atoms with Gasteiger partial charge in [0.2, 0.25) is 10.0 Å². The molecule has 2 N–H and O–H groups in total. The minimum Gasteiger partial charge on any atom is -0.483 e. The number of hydrogen-bond acceptors (Lipinski definition) is 6. The number of fused-ring (bicyclic) bond motifs is 1. The van der Waals surface area contributed by atoms with Crippen molar-refractivity contribution in [2.75, 3.05) is 11.9 Å². The smallest absolute Gasteiger partial charge is 0.262 e. The van der Waals surface area contributed by atoms with Gasteiger partial charge in [0.1, 0.15) is 5.75 Å². The summed E-state index contributed by atoms with van der Waals surface area (Å²) >= 11 is 1.39. The lowest BCUT2D eigenvalue weighted by molar-refractivity contribution is -0.118. The fraction of sp³-hybridized carbons (Fsp3) is 0.130. The number of sulfonamides is 1. The quantitative estimate of drug-likeness (QED) is 0.407. The Balaban J connectivity index is 1.35. The van der Waals surface area contributed by atoms with E-state index in [1.165, 1.54) is 23.7 Å². The van der Waals surface area contributed by atoms with Crippen molar-refractivity contribution in [2.45, 2.75) is 18.4 Å². The molecule has 9 heteroatoms. The minimum absolute atomic E-state index is 0.139. The van der Waals surface area contributed by atoms with Gasteiger partial charge in [0, 0.05) is 23.8 Å².